The number of amides is 1. The van der Waals surface area contributed by atoms with Gasteiger partial charge in [-0.3, -0.25) is 4.79 Å². The Morgan fingerprint density at radius 3 is 2.57 bits per heavy atom. The van der Waals surface area contributed by atoms with Crippen molar-refractivity contribution >= 4 is 11.6 Å². The first-order valence-electron chi connectivity index (χ1n) is 6.10. The van der Waals surface area contributed by atoms with Crippen molar-refractivity contribution in [3.8, 4) is 11.5 Å². The van der Waals surface area contributed by atoms with E-state index in [9.17, 15) is 18.7 Å². The van der Waals surface area contributed by atoms with Gasteiger partial charge in [-0.15, -0.1) is 0 Å². The van der Waals surface area contributed by atoms with Gasteiger partial charge in [0.1, 0.15) is 11.5 Å². The predicted molar refractivity (Wildman–Crippen MR) is 73.9 cm³/mol. The summed E-state index contributed by atoms with van der Waals surface area (Å²) in [6, 6.07) is 11.8. The minimum Gasteiger partial charge on any atom is -0.508 e. The van der Waals surface area contributed by atoms with Crippen molar-refractivity contribution in [1.82, 2.24) is 0 Å². The summed E-state index contributed by atoms with van der Waals surface area (Å²) in [4.78, 5) is 13.6. The van der Waals surface area contributed by atoms with Crippen molar-refractivity contribution in [2.24, 2.45) is 0 Å². The lowest BCUT2D eigenvalue weighted by molar-refractivity contribution is -0.0501. The molecule has 1 N–H and O–H groups in total. The van der Waals surface area contributed by atoms with Crippen molar-refractivity contribution in [1.29, 1.82) is 0 Å². The molecule has 0 saturated carbocycles. The summed E-state index contributed by atoms with van der Waals surface area (Å²) in [6.45, 7) is -3.01. The van der Waals surface area contributed by atoms with E-state index >= 15 is 0 Å². The maximum absolute atomic E-state index is 12.4. The Labute approximate surface area is 120 Å². The molecule has 0 saturated heterocycles. The number of rotatable bonds is 4. The van der Waals surface area contributed by atoms with Gasteiger partial charge in [0, 0.05) is 18.8 Å². The van der Waals surface area contributed by atoms with E-state index in [-0.39, 0.29) is 17.1 Å². The van der Waals surface area contributed by atoms with Crippen LogP contribution in [0.2, 0.25) is 0 Å². The Bertz CT molecular complexity index is 646. The Morgan fingerprint density at radius 1 is 1.19 bits per heavy atom. The van der Waals surface area contributed by atoms with E-state index in [1.54, 1.807) is 18.2 Å². The van der Waals surface area contributed by atoms with Crippen LogP contribution in [-0.4, -0.2) is 24.7 Å². The zero-order valence-corrected chi connectivity index (χ0v) is 11.2. The highest BCUT2D eigenvalue weighted by Crippen LogP contribution is 2.25. The fraction of sp³-hybridized carbons (Fsp3) is 0.133. The van der Waals surface area contributed by atoms with Gasteiger partial charge in [0.25, 0.3) is 5.91 Å². The maximum Gasteiger partial charge on any atom is 0.387 e. The highest BCUT2D eigenvalue weighted by molar-refractivity contribution is 6.07. The van der Waals surface area contributed by atoms with Crippen LogP contribution in [0.1, 0.15) is 10.4 Å². The highest BCUT2D eigenvalue weighted by Gasteiger charge is 2.19. The number of phenols is 1. The number of para-hydroxylation sites is 1. The van der Waals surface area contributed by atoms with Crippen molar-refractivity contribution in [3.63, 3.8) is 0 Å². The third-order valence-electron chi connectivity index (χ3n) is 2.86. The summed E-state index contributed by atoms with van der Waals surface area (Å²) in [5.41, 5.74) is 0.454. The van der Waals surface area contributed by atoms with Crippen LogP contribution in [0.3, 0.4) is 0 Å². The predicted octanol–water partition coefficient (Wildman–Crippen LogP) is 3.27. The van der Waals surface area contributed by atoms with Crippen molar-refractivity contribution < 1.29 is 23.4 Å². The van der Waals surface area contributed by atoms with E-state index in [0.717, 1.165) is 0 Å². The molecule has 0 bridgehead atoms. The number of aromatic hydroxyl groups is 1. The zero-order valence-electron chi connectivity index (χ0n) is 11.2. The first-order valence-corrected chi connectivity index (χ1v) is 6.10. The van der Waals surface area contributed by atoms with Crippen molar-refractivity contribution in [2.45, 2.75) is 6.61 Å². The van der Waals surface area contributed by atoms with E-state index in [4.69, 9.17) is 0 Å². The molecule has 110 valence electrons. The van der Waals surface area contributed by atoms with Crippen molar-refractivity contribution in [3.05, 3.63) is 54.1 Å². The molecule has 2 rings (SSSR count). The van der Waals surface area contributed by atoms with Crippen LogP contribution in [0.5, 0.6) is 11.5 Å². The third kappa shape index (κ3) is 3.47. The van der Waals surface area contributed by atoms with E-state index in [0.29, 0.717) is 5.69 Å². The molecule has 0 atom stereocenters. The number of hydrogen-bond acceptors (Lipinski definition) is 3. The van der Waals surface area contributed by atoms with Gasteiger partial charge in [0.15, 0.2) is 0 Å². The molecule has 0 aliphatic rings. The van der Waals surface area contributed by atoms with Crippen LogP contribution in [0.15, 0.2) is 48.5 Å². The highest BCUT2D eigenvalue weighted by atomic mass is 19.3. The summed E-state index contributed by atoms with van der Waals surface area (Å²) in [5.74, 6) is -0.703. The molecule has 4 nitrogen and oxygen atoms in total. The van der Waals surface area contributed by atoms with E-state index < -0.39 is 12.5 Å². The van der Waals surface area contributed by atoms with Gasteiger partial charge in [-0.05, 0) is 24.3 Å². The third-order valence-corrected chi connectivity index (χ3v) is 2.86. The summed E-state index contributed by atoms with van der Waals surface area (Å²) < 4.78 is 29.1. The first-order chi connectivity index (χ1) is 9.99. The smallest absolute Gasteiger partial charge is 0.387 e. The van der Waals surface area contributed by atoms with Crippen LogP contribution in [0.25, 0.3) is 0 Å². The number of alkyl halides is 2. The monoisotopic (exact) mass is 293 g/mol. The van der Waals surface area contributed by atoms with Crippen LogP contribution in [-0.2, 0) is 0 Å². The Morgan fingerprint density at radius 2 is 1.90 bits per heavy atom. The minimum absolute atomic E-state index is 0.00395. The van der Waals surface area contributed by atoms with E-state index in [2.05, 4.69) is 4.74 Å². The first kappa shape index (κ1) is 14.8. The molecule has 6 heteroatoms. The number of anilines is 1. The van der Waals surface area contributed by atoms with Gasteiger partial charge in [-0.2, -0.15) is 8.78 Å². The average Bonchev–Trinajstić information content (AvgIpc) is 2.46. The Balaban J connectivity index is 2.31. The van der Waals surface area contributed by atoms with E-state index in [1.165, 1.54) is 42.3 Å². The van der Waals surface area contributed by atoms with Crippen LogP contribution in [0, 0.1) is 0 Å². The second kappa shape index (κ2) is 6.21. The van der Waals surface area contributed by atoms with Crippen LogP contribution < -0.4 is 9.64 Å². The Hall–Kier alpha value is -2.63. The fourth-order valence-electron chi connectivity index (χ4n) is 1.84. The normalized spacial score (nSPS) is 10.5. The number of phenolic OH excluding ortho intramolecular Hbond substituents is 1. The quantitative estimate of drug-likeness (QED) is 0.941. The fourth-order valence-corrected chi connectivity index (χ4v) is 1.84. The van der Waals surface area contributed by atoms with Gasteiger partial charge in [0.05, 0.1) is 5.56 Å². The van der Waals surface area contributed by atoms with Gasteiger partial charge in [-0.25, -0.2) is 0 Å². The standard InChI is InChI=1S/C15H13F2NO3/c1-18(10-5-4-6-11(19)9-10)14(20)12-7-2-3-8-13(12)21-15(16)17/h2-9,15,19H,1H3. The number of carbonyl (C=O) groups excluding carboxylic acids is 1. The average molecular weight is 293 g/mol. The summed E-state index contributed by atoms with van der Waals surface area (Å²) in [7, 11) is 1.48. The molecule has 0 unspecified atom stereocenters. The SMILES string of the molecule is CN(C(=O)c1ccccc1OC(F)F)c1cccc(O)c1. The molecule has 0 aliphatic carbocycles. The number of ether oxygens (including phenoxy) is 1. The molecule has 0 aliphatic heterocycles. The Kier molecular flexibility index (Phi) is 4.37. The molecular formula is C15H13F2NO3. The molecular weight excluding hydrogens is 280 g/mol. The largest absolute Gasteiger partial charge is 0.508 e. The van der Waals surface area contributed by atoms with Gasteiger partial charge in [0.2, 0.25) is 0 Å². The summed E-state index contributed by atoms with van der Waals surface area (Å²) >= 11 is 0. The number of carbonyl (C=O) groups is 1. The summed E-state index contributed by atoms with van der Waals surface area (Å²) in [5, 5.41) is 9.43. The maximum atomic E-state index is 12.4. The topological polar surface area (TPSA) is 49.8 Å². The molecule has 0 radical (unpaired) electrons. The van der Waals surface area contributed by atoms with Gasteiger partial charge >= 0.3 is 6.61 Å². The molecule has 1 amide bonds. The lowest BCUT2D eigenvalue weighted by Gasteiger charge is -2.19. The molecule has 0 heterocycles. The van der Waals surface area contributed by atoms with Crippen molar-refractivity contribution in [2.75, 3.05) is 11.9 Å². The molecule has 0 spiro atoms. The molecule has 2 aromatic rings. The number of nitrogens with zero attached hydrogens (tertiary/aromatic N) is 1. The number of halogens is 2. The zero-order chi connectivity index (χ0) is 15.4. The second-order valence-corrected chi connectivity index (χ2v) is 4.26. The van der Waals surface area contributed by atoms with Crippen LogP contribution in [0.4, 0.5) is 14.5 Å². The summed E-state index contributed by atoms with van der Waals surface area (Å²) in [6.07, 6.45) is 0. The van der Waals surface area contributed by atoms with Crippen LogP contribution >= 0.6 is 0 Å². The molecule has 0 fully saturated rings. The lowest BCUT2D eigenvalue weighted by Crippen LogP contribution is -2.26. The van der Waals surface area contributed by atoms with Gasteiger partial charge < -0.3 is 14.7 Å². The van der Waals surface area contributed by atoms with Gasteiger partial charge in [-0.1, -0.05) is 18.2 Å². The second-order valence-electron chi connectivity index (χ2n) is 4.26. The number of hydrogen-bond donors (Lipinski definition) is 1. The minimum atomic E-state index is -3.01. The van der Waals surface area contributed by atoms with E-state index in [1.807, 2.05) is 0 Å². The molecule has 2 aromatic carbocycles. The lowest BCUT2D eigenvalue weighted by atomic mass is 10.1. The number of benzene rings is 2. The molecule has 0 aromatic heterocycles. The molecule has 21 heavy (non-hydrogen) atoms.